The highest BCUT2D eigenvalue weighted by Crippen LogP contribution is 2.32. The second-order valence-electron chi connectivity index (χ2n) is 10.0. The van der Waals surface area contributed by atoms with Crippen molar-refractivity contribution in [1.29, 1.82) is 0 Å². The van der Waals surface area contributed by atoms with E-state index in [1.165, 1.54) is 17.0 Å². The van der Waals surface area contributed by atoms with Crippen LogP contribution in [-0.2, 0) is 19.1 Å². The number of rotatable bonds is 10. The lowest BCUT2D eigenvalue weighted by atomic mass is 10.1. The van der Waals surface area contributed by atoms with Crippen molar-refractivity contribution in [1.82, 2.24) is 24.8 Å². The van der Waals surface area contributed by atoms with Crippen LogP contribution in [0.15, 0.2) is 42.9 Å². The molecule has 2 heterocycles. The fourth-order valence-electron chi connectivity index (χ4n) is 4.24. The normalized spacial score (nSPS) is 14.4. The van der Waals surface area contributed by atoms with Gasteiger partial charge in [0.1, 0.15) is 11.8 Å². The number of carboxylic acid groups (broad SMARTS) is 1. The quantitative estimate of drug-likeness (QED) is 0.183. The van der Waals surface area contributed by atoms with Crippen molar-refractivity contribution in [2.75, 3.05) is 12.1 Å². The van der Waals surface area contributed by atoms with Crippen molar-refractivity contribution in [3.8, 4) is 0 Å². The van der Waals surface area contributed by atoms with Gasteiger partial charge in [0, 0.05) is 41.7 Å². The number of anilines is 2. The van der Waals surface area contributed by atoms with Gasteiger partial charge in [0.15, 0.2) is 5.82 Å². The molecule has 0 spiro atoms. The predicted molar refractivity (Wildman–Crippen MR) is 146 cm³/mol. The zero-order valence-electron chi connectivity index (χ0n) is 22.8. The van der Waals surface area contributed by atoms with Crippen molar-refractivity contribution >= 4 is 46.9 Å². The number of fused-ring (bicyclic) bond motifs is 1. The lowest BCUT2D eigenvalue weighted by Gasteiger charge is -2.19. The van der Waals surface area contributed by atoms with Gasteiger partial charge in [0.25, 0.3) is 11.8 Å². The number of aromatic nitrogens is 3. The molecule has 14 nitrogen and oxygen atoms in total. The first-order chi connectivity index (χ1) is 20.1. The number of nitrogens with one attached hydrogen (secondary N) is 2. The number of amides is 3. The molecule has 0 saturated heterocycles. The summed E-state index contributed by atoms with van der Waals surface area (Å²) in [4.78, 5) is 66.4. The fraction of sp³-hybridized carbons (Fsp3) is 0.321. The number of hydrogen-bond acceptors (Lipinski definition) is 10. The topological polar surface area (TPSA) is 182 Å². The molecule has 0 aliphatic heterocycles. The largest absolute Gasteiger partial charge is 0.478 e. The molecular formula is C28H28N6O8. The second-order valence-corrected chi connectivity index (χ2v) is 10.0. The Bertz CT molecular complexity index is 1620. The minimum Gasteiger partial charge on any atom is -0.478 e. The van der Waals surface area contributed by atoms with Crippen LogP contribution in [0.3, 0.4) is 0 Å². The van der Waals surface area contributed by atoms with E-state index in [1.54, 1.807) is 19.1 Å². The maximum atomic E-state index is 13.6. The highest BCUT2D eigenvalue weighted by molar-refractivity contribution is 6.06. The van der Waals surface area contributed by atoms with Crippen molar-refractivity contribution in [2.24, 2.45) is 0 Å². The number of esters is 1. The zero-order chi connectivity index (χ0) is 30.0. The smallest absolute Gasteiger partial charge is 0.419 e. The Labute approximate surface area is 239 Å². The van der Waals surface area contributed by atoms with Gasteiger partial charge in [0.2, 0.25) is 6.79 Å². The van der Waals surface area contributed by atoms with Gasteiger partial charge in [-0.15, -0.1) is 0 Å². The van der Waals surface area contributed by atoms with E-state index < -0.39 is 30.7 Å². The molecule has 2 aliphatic carbocycles. The Morgan fingerprint density at radius 1 is 1.10 bits per heavy atom. The Kier molecular flexibility index (Phi) is 7.86. The van der Waals surface area contributed by atoms with Gasteiger partial charge in [-0.25, -0.2) is 28.8 Å². The van der Waals surface area contributed by atoms with Crippen LogP contribution in [0.2, 0.25) is 0 Å². The average Bonchev–Trinajstić information content (AvgIpc) is 3.89. The SMILES string of the molecule is Cc1ccc(C(=O)NC2CC2)cc1Nc1ncnn2cc(C(=O)N(C(=O)OCOC(=O)/C=C/C(=O)O)C3CC3)c(C)c12. The van der Waals surface area contributed by atoms with Crippen LogP contribution in [0.4, 0.5) is 16.3 Å². The predicted octanol–water partition coefficient (Wildman–Crippen LogP) is 2.86. The molecule has 1 aromatic carbocycles. The maximum Gasteiger partial charge on any atom is 0.419 e. The van der Waals surface area contributed by atoms with Crippen LogP contribution in [0, 0.1) is 13.8 Å². The highest BCUT2D eigenvalue weighted by Gasteiger charge is 2.40. The van der Waals surface area contributed by atoms with Crippen LogP contribution >= 0.6 is 0 Å². The molecule has 2 fully saturated rings. The standard InChI is InChI=1S/C28H28N6O8/c1-15-3-4-17(26(38)31-18-5-6-18)11-21(15)32-25-24-16(2)20(12-33(24)30-13-29-25)27(39)34(19-7-8-19)28(40)42-14-41-23(37)10-9-22(35)36/h3-4,9-13,18-19H,5-8,14H2,1-2H3,(H,31,38)(H,35,36)(H,29,30,32)/b10-9+. The maximum absolute atomic E-state index is 13.6. The number of carboxylic acids is 1. The third kappa shape index (κ3) is 6.37. The summed E-state index contributed by atoms with van der Waals surface area (Å²) in [7, 11) is 0. The summed E-state index contributed by atoms with van der Waals surface area (Å²) in [5.74, 6) is -2.74. The zero-order valence-corrected chi connectivity index (χ0v) is 22.8. The molecular weight excluding hydrogens is 548 g/mol. The van der Waals surface area contributed by atoms with Gasteiger partial charge in [-0.05, 0) is 62.8 Å². The minimum atomic E-state index is -1.34. The highest BCUT2D eigenvalue weighted by atomic mass is 16.7. The summed E-state index contributed by atoms with van der Waals surface area (Å²) in [5, 5.41) is 19.0. The average molecular weight is 577 g/mol. The number of carbonyl (C=O) groups is 5. The molecule has 5 rings (SSSR count). The summed E-state index contributed by atoms with van der Waals surface area (Å²) < 4.78 is 11.1. The van der Waals surface area contributed by atoms with Crippen molar-refractivity contribution < 1.29 is 38.6 Å². The monoisotopic (exact) mass is 576 g/mol. The number of nitrogens with zero attached hydrogens (tertiary/aromatic N) is 4. The Morgan fingerprint density at radius 2 is 1.86 bits per heavy atom. The summed E-state index contributed by atoms with van der Waals surface area (Å²) in [6.45, 7) is 2.80. The van der Waals surface area contributed by atoms with Gasteiger partial charge in [0.05, 0.1) is 5.56 Å². The summed E-state index contributed by atoms with van der Waals surface area (Å²) in [6, 6.07) is 5.17. The molecule has 0 unspecified atom stereocenters. The first kappa shape index (κ1) is 28.3. The van der Waals surface area contributed by atoms with E-state index in [4.69, 9.17) is 9.84 Å². The molecule has 3 amide bonds. The van der Waals surface area contributed by atoms with E-state index in [2.05, 4.69) is 25.5 Å². The second kappa shape index (κ2) is 11.7. The number of benzene rings is 1. The van der Waals surface area contributed by atoms with E-state index >= 15 is 0 Å². The minimum absolute atomic E-state index is 0.154. The number of carbonyl (C=O) groups excluding carboxylic acids is 4. The van der Waals surface area contributed by atoms with Crippen LogP contribution in [0.1, 0.15) is 57.5 Å². The molecule has 0 bridgehead atoms. The summed E-state index contributed by atoms with van der Waals surface area (Å²) in [5.41, 5.74) is 3.23. The summed E-state index contributed by atoms with van der Waals surface area (Å²) in [6.07, 6.45) is 6.19. The summed E-state index contributed by atoms with van der Waals surface area (Å²) >= 11 is 0. The van der Waals surface area contributed by atoms with E-state index in [9.17, 15) is 24.0 Å². The van der Waals surface area contributed by atoms with E-state index in [1.807, 2.05) is 13.0 Å². The van der Waals surface area contributed by atoms with Crippen LogP contribution in [0.25, 0.3) is 5.52 Å². The van der Waals surface area contributed by atoms with E-state index in [0.29, 0.717) is 53.1 Å². The third-order valence-electron chi connectivity index (χ3n) is 6.80. The lowest BCUT2D eigenvalue weighted by molar-refractivity contribution is -0.146. The van der Waals surface area contributed by atoms with Crippen molar-refractivity contribution in [3.05, 3.63) is 65.1 Å². The van der Waals surface area contributed by atoms with Gasteiger partial charge in [-0.3, -0.25) is 9.59 Å². The molecule has 0 radical (unpaired) electrons. The van der Waals surface area contributed by atoms with Crippen LogP contribution in [0.5, 0.6) is 0 Å². The molecule has 3 N–H and O–H groups in total. The Balaban J connectivity index is 1.35. The fourth-order valence-corrected chi connectivity index (χ4v) is 4.24. The molecule has 0 atom stereocenters. The molecule has 2 aromatic heterocycles. The third-order valence-corrected chi connectivity index (χ3v) is 6.80. The van der Waals surface area contributed by atoms with Gasteiger partial charge < -0.3 is 25.2 Å². The van der Waals surface area contributed by atoms with Crippen molar-refractivity contribution in [2.45, 2.75) is 51.6 Å². The van der Waals surface area contributed by atoms with Crippen LogP contribution in [-0.4, -0.2) is 73.3 Å². The van der Waals surface area contributed by atoms with Crippen molar-refractivity contribution in [3.63, 3.8) is 0 Å². The number of imide groups is 1. The Hall–Kier alpha value is -5.27. The number of hydrogen-bond donors (Lipinski definition) is 3. The molecule has 2 aliphatic rings. The lowest BCUT2D eigenvalue weighted by Crippen LogP contribution is -2.39. The Morgan fingerprint density at radius 3 is 2.55 bits per heavy atom. The first-order valence-electron chi connectivity index (χ1n) is 13.2. The molecule has 14 heteroatoms. The number of aryl methyl sites for hydroxylation is 2. The first-order valence-corrected chi connectivity index (χ1v) is 13.2. The van der Waals surface area contributed by atoms with E-state index in [0.717, 1.165) is 23.3 Å². The number of ether oxygens (including phenoxy) is 2. The van der Waals surface area contributed by atoms with Gasteiger partial charge >= 0.3 is 18.0 Å². The molecule has 3 aromatic rings. The van der Waals surface area contributed by atoms with E-state index in [-0.39, 0.29) is 23.6 Å². The molecule has 2 saturated carbocycles. The molecule has 218 valence electrons. The van der Waals surface area contributed by atoms with Gasteiger partial charge in [-0.2, -0.15) is 5.10 Å². The van der Waals surface area contributed by atoms with Crippen LogP contribution < -0.4 is 10.6 Å². The molecule has 42 heavy (non-hydrogen) atoms. The number of aliphatic carboxylic acids is 1. The van der Waals surface area contributed by atoms with Gasteiger partial charge in [-0.1, -0.05) is 6.07 Å².